The van der Waals surface area contributed by atoms with E-state index >= 15 is 0 Å². The molecule has 1 atom stereocenters. The van der Waals surface area contributed by atoms with Crippen molar-refractivity contribution in [1.29, 1.82) is 0 Å². The van der Waals surface area contributed by atoms with Gasteiger partial charge in [0.05, 0.1) is 6.04 Å². The van der Waals surface area contributed by atoms with Crippen molar-refractivity contribution in [2.75, 3.05) is 0 Å². The van der Waals surface area contributed by atoms with Gasteiger partial charge in [0.15, 0.2) is 0 Å². The van der Waals surface area contributed by atoms with E-state index in [-0.39, 0.29) is 17.6 Å². The zero-order valence-corrected chi connectivity index (χ0v) is 10.2. The Kier molecular flexibility index (Phi) is 4.13. The van der Waals surface area contributed by atoms with E-state index < -0.39 is 0 Å². The van der Waals surface area contributed by atoms with E-state index in [4.69, 9.17) is 0 Å². The number of aromatic hydroxyl groups is 1. The first-order chi connectivity index (χ1) is 9.19. The Morgan fingerprint density at radius 3 is 2.32 bits per heavy atom. The summed E-state index contributed by atoms with van der Waals surface area (Å²) in [6.07, 6.45) is 1.20. The van der Waals surface area contributed by atoms with E-state index in [0.29, 0.717) is 12.8 Å². The minimum Gasteiger partial charge on any atom is -0.508 e. The van der Waals surface area contributed by atoms with Gasteiger partial charge in [-0.1, -0.05) is 24.3 Å². The van der Waals surface area contributed by atoms with E-state index in [2.05, 4.69) is 5.32 Å². The van der Waals surface area contributed by atoms with Crippen molar-refractivity contribution in [2.24, 2.45) is 0 Å². The highest BCUT2D eigenvalue weighted by Crippen LogP contribution is 2.20. The van der Waals surface area contributed by atoms with Crippen LogP contribution in [-0.4, -0.2) is 11.5 Å². The first-order valence-electron chi connectivity index (χ1n) is 5.92. The monoisotopic (exact) mass is 259 g/mol. The summed E-state index contributed by atoms with van der Waals surface area (Å²) >= 11 is 0. The summed E-state index contributed by atoms with van der Waals surface area (Å²) in [6.45, 7) is 0. The van der Waals surface area contributed by atoms with Gasteiger partial charge in [-0.25, -0.2) is 4.39 Å². The third-order valence-electron chi connectivity index (χ3n) is 2.92. The highest BCUT2D eigenvalue weighted by molar-refractivity contribution is 5.48. The number of carbonyl (C=O) groups is 1. The number of rotatable bonds is 5. The second-order valence-corrected chi connectivity index (χ2v) is 4.26. The number of benzene rings is 2. The Morgan fingerprint density at radius 1 is 1.11 bits per heavy atom. The van der Waals surface area contributed by atoms with Crippen molar-refractivity contribution in [1.82, 2.24) is 5.32 Å². The van der Waals surface area contributed by atoms with Gasteiger partial charge in [0.1, 0.15) is 11.6 Å². The van der Waals surface area contributed by atoms with Crippen LogP contribution in [0.1, 0.15) is 17.2 Å². The van der Waals surface area contributed by atoms with Crippen LogP contribution in [0.5, 0.6) is 5.75 Å². The molecule has 2 N–H and O–H groups in total. The molecule has 0 aliphatic carbocycles. The molecule has 3 nitrogen and oxygen atoms in total. The molecule has 1 unspecified atom stereocenters. The zero-order valence-electron chi connectivity index (χ0n) is 10.2. The molecular formula is C15H14FNO2. The fraction of sp³-hybridized carbons (Fsp3) is 0.133. The summed E-state index contributed by atoms with van der Waals surface area (Å²) in [5, 5.41) is 12.0. The lowest BCUT2D eigenvalue weighted by molar-refractivity contribution is -0.110. The van der Waals surface area contributed by atoms with Crippen LogP contribution in [0.2, 0.25) is 0 Å². The summed E-state index contributed by atoms with van der Waals surface area (Å²) in [7, 11) is 0. The lowest BCUT2D eigenvalue weighted by Crippen LogP contribution is -2.21. The summed E-state index contributed by atoms with van der Waals surface area (Å²) < 4.78 is 12.8. The van der Waals surface area contributed by atoms with Crippen LogP contribution in [-0.2, 0) is 11.2 Å². The van der Waals surface area contributed by atoms with Gasteiger partial charge < -0.3 is 10.4 Å². The van der Waals surface area contributed by atoms with E-state index in [0.717, 1.165) is 11.1 Å². The van der Waals surface area contributed by atoms with Gasteiger partial charge in [-0.05, 0) is 41.8 Å². The highest BCUT2D eigenvalue weighted by atomic mass is 19.1. The fourth-order valence-electron chi connectivity index (χ4n) is 1.92. The molecule has 0 aromatic heterocycles. The van der Waals surface area contributed by atoms with Crippen LogP contribution >= 0.6 is 0 Å². The molecule has 0 spiro atoms. The lowest BCUT2D eigenvalue weighted by Gasteiger charge is -2.16. The van der Waals surface area contributed by atoms with Crippen LogP contribution in [0.4, 0.5) is 4.39 Å². The Balaban J connectivity index is 2.18. The number of hydrogen-bond acceptors (Lipinski definition) is 2. The van der Waals surface area contributed by atoms with Crippen LogP contribution in [0, 0.1) is 5.82 Å². The van der Waals surface area contributed by atoms with E-state index in [1.807, 2.05) is 0 Å². The van der Waals surface area contributed by atoms with Crippen LogP contribution in [0.15, 0.2) is 48.5 Å². The Labute approximate surface area is 110 Å². The standard InChI is InChI=1S/C15H14FNO2/c16-13-5-1-11(2-6-13)9-15(17-10-18)12-3-7-14(19)8-4-12/h1-8,10,15,19H,9H2,(H,17,18). The van der Waals surface area contributed by atoms with Gasteiger partial charge in [0.25, 0.3) is 0 Å². The van der Waals surface area contributed by atoms with Gasteiger partial charge >= 0.3 is 0 Å². The first kappa shape index (κ1) is 13.1. The van der Waals surface area contributed by atoms with Gasteiger partial charge in [0, 0.05) is 0 Å². The van der Waals surface area contributed by atoms with Gasteiger partial charge in [0.2, 0.25) is 6.41 Å². The first-order valence-corrected chi connectivity index (χ1v) is 5.92. The molecule has 2 aromatic carbocycles. The van der Waals surface area contributed by atoms with Crippen molar-refractivity contribution in [2.45, 2.75) is 12.5 Å². The molecule has 2 rings (SSSR count). The molecule has 98 valence electrons. The zero-order chi connectivity index (χ0) is 13.7. The normalized spacial score (nSPS) is 11.8. The summed E-state index contributed by atoms with van der Waals surface area (Å²) in [4.78, 5) is 10.7. The Bertz CT molecular complexity index is 537. The van der Waals surface area contributed by atoms with Crippen LogP contribution in [0.25, 0.3) is 0 Å². The molecule has 0 aliphatic heterocycles. The predicted octanol–water partition coefficient (Wildman–Crippen LogP) is 2.56. The Morgan fingerprint density at radius 2 is 1.74 bits per heavy atom. The molecular weight excluding hydrogens is 245 g/mol. The molecule has 0 saturated carbocycles. The average molecular weight is 259 g/mol. The van der Waals surface area contributed by atoms with Crippen molar-refractivity contribution < 1.29 is 14.3 Å². The lowest BCUT2D eigenvalue weighted by atomic mass is 9.99. The Hall–Kier alpha value is -2.36. The highest BCUT2D eigenvalue weighted by Gasteiger charge is 2.11. The van der Waals surface area contributed by atoms with Gasteiger partial charge in [-0.15, -0.1) is 0 Å². The molecule has 4 heteroatoms. The number of nitrogens with one attached hydrogen (secondary N) is 1. The molecule has 2 aromatic rings. The second-order valence-electron chi connectivity index (χ2n) is 4.26. The van der Waals surface area contributed by atoms with E-state index in [1.54, 1.807) is 36.4 Å². The molecule has 19 heavy (non-hydrogen) atoms. The molecule has 0 saturated heterocycles. The number of amides is 1. The van der Waals surface area contributed by atoms with Crippen molar-refractivity contribution in [3.05, 3.63) is 65.5 Å². The van der Waals surface area contributed by atoms with Crippen LogP contribution in [0.3, 0.4) is 0 Å². The number of halogens is 1. The van der Waals surface area contributed by atoms with Crippen molar-refractivity contribution >= 4 is 6.41 Å². The number of carbonyl (C=O) groups excluding carboxylic acids is 1. The maximum Gasteiger partial charge on any atom is 0.207 e. The van der Waals surface area contributed by atoms with Crippen molar-refractivity contribution in [3.8, 4) is 5.75 Å². The molecule has 1 amide bonds. The maximum absolute atomic E-state index is 12.8. The molecule has 0 fully saturated rings. The van der Waals surface area contributed by atoms with Gasteiger partial charge in [-0.2, -0.15) is 0 Å². The number of phenols is 1. The maximum atomic E-state index is 12.8. The molecule has 0 heterocycles. The number of phenolic OH excluding ortho intramolecular Hbond substituents is 1. The smallest absolute Gasteiger partial charge is 0.207 e. The number of hydrogen-bond donors (Lipinski definition) is 2. The summed E-state index contributed by atoms with van der Waals surface area (Å²) in [5.41, 5.74) is 1.81. The largest absolute Gasteiger partial charge is 0.508 e. The second kappa shape index (κ2) is 6.00. The summed E-state index contributed by atoms with van der Waals surface area (Å²) in [5.74, 6) is -0.108. The predicted molar refractivity (Wildman–Crippen MR) is 70.2 cm³/mol. The molecule has 0 aliphatic rings. The average Bonchev–Trinajstić information content (AvgIpc) is 2.42. The van der Waals surface area contributed by atoms with Crippen LogP contribution < -0.4 is 5.32 Å². The van der Waals surface area contributed by atoms with E-state index in [9.17, 15) is 14.3 Å². The fourth-order valence-corrected chi connectivity index (χ4v) is 1.92. The third-order valence-corrected chi connectivity index (χ3v) is 2.92. The third kappa shape index (κ3) is 3.55. The molecule has 0 radical (unpaired) electrons. The topological polar surface area (TPSA) is 49.3 Å². The minimum atomic E-state index is -0.284. The molecule has 0 bridgehead atoms. The van der Waals surface area contributed by atoms with Crippen molar-refractivity contribution in [3.63, 3.8) is 0 Å². The SMILES string of the molecule is O=CNC(Cc1ccc(F)cc1)c1ccc(O)cc1. The van der Waals surface area contributed by atoms with Gasteiger partial charge in [-0.3, -0.25) is 4.79 Å². The van der Waals surface area contributed by atoms with E-state index in [1.165, 1.54) is 12.1 Å². The summed E-state index contributed by atoms with van der Waals surface area (Å²) in [6, 6.07) is 12.6. The minimum absolute atomic E-state index is 0.176. The quantitative estimate of drug-likeness (QED) is 0.811.